The molecule has 3 nitrogen and oxygen atoms in total. The Kier molecular flexibility index (Phi) is 3.24. The van der Waals surface area contributed by atoms with Crippen LogP contribution in [0.4, 0.5) is 0 Å². The minimum Gasteiger partial charge on any atom is -0.478 e. The van der Waals surface area contributed by atoms with Gasteiger partial charge in [0.25, 0.3) is 0 Å². The maximum absolute atomic E-state index is 11.3. The van der Waals surface area contributed by atoms with Gasteiger partial charge in [-0.15, -0.1) is 0 Å². The summed E-state index contributed by atoms with van der Waals surface area (Å²) in [4.78, 5) is 13.4. The Balaban J connectivity index is 2.06. The first kappa shape index (κ1) is 12.8. The summed E-state index contributed by atoms with van der Waals surface area (Å²) in [6.07, 6.45) is 0. The zero-order valence-electron chi connectivity index (χ0n) is 10.8. The number of furan rings is 1. The quantitative estimate of drug-likeness (QED) is 0.764. The molecule has 1 heterocycles. The fourth-order valence-electron chi connectivity index (χ4n) is 2.15. The van der Waals surface area contributed by atoms with Crippen LogP contribution in [-0.2, 0) is 0 Å². The average Bonchev–Trinajstić information content (AvgIpc) is 2.75. The molecule has 0 aliphatic carbocycles. The van der Waals surface area contributed by atoms with Crippen molar-refractivity contribution in [3.8, 4) is 0 Å². The fraction of sp³-hybridized carbons (Fsp3) is 0.0625. The maximum atomic E-state index is 11.3. The molecule has 0 bridgehead atoms. The largest absolute Gasteiger partial charge is 0.478 e. The molecule has 0 fully saturated rings. The highest BCUT2D eigenvalue weighted by molar-refractivity contribution is 7.99. The Morgan fingerprint density at radius 1 is 1.10 bits per heavy atom. The molecular weight excluding hydrogens is 272 g/mol. The van der Waals surface area contributed by atoms with E-state index in [1.807, 2.05) is 48.5 Å². The third kappa shape index (κ3) is 2.30. The van der Waals surface area contributed by atoms with Crippen molar-refractivity contribution in [3.63, 3.8) is 0 Å². The Bertz CT molecular complexity index is 775. The fourth-order valence-corrected chi connectivity index (χ4v) is 3.03. The van der Waals surface area contributed by atoms with Crippen molar-refractivity contribution < 1.29 is 14.3 Å². The van der Waals surface area contributed by atoms with Crippen molar-refractivity contribution >= 4 is 28.7 Å². The molecule has 0 saturated carbocycles. The van der Waals surface area contributed by atoms with Crippen LogP contribution in [0.5, 0.6) is 0 Å². The van der Waals surface area contributed by atoms with Gasteiger partial charge >= 0.3 is 5.97 Å². The summed E-state index contributed by atoms with van der Waals surface area (Å²) in [5, 5.41) is 9.92. The summed E-state index contributed by atoms with van der Waals surface area (Å²) in [7, 11) is 0. The number of rotatable bonds is 3. The zero-order valence-corrected chi connectivity index (χ0v) is 11.6. The van der Waals surface area contributed by atoms with E-state index in [4.69, 9.17) is 4.42 Å². The average molecular weight is 284 g/mol. The molecule has 0 aliphatic rings. The van der Waals surface area contributed by atoms with E-state index in [1.54, 1.807) is 18.7 Å². The molecule has 0 spiro atoms. The second kappa shape index (κ2) is 5.06. The van der Waals surface area contributed by atoms with Gasteiger partial charge in [-0.2, -0.15) is 0 Å². The van der Waals surface area contributed by atoms with Crippen LogP contribution in [0, 0.1) is 6.92 Å². The standard InChI is InChI=1S/C16H12O3S/c1-10-15(16(17)18)13-9-12(7-8-14(13)19-10)20-11-5-3-2-4-6-11/h2-9H,1H3,(H,17,18). The van der Waals surface area contributed by atoms with E-state index in [2.05, 4.69) is 0 Å². The third-order valence-electron chi connectivity index (χ3n) is 3.03. The maximum Gasteiger partial charge on any atom is 0.339 e. The Labute approximate surface area is 120 Å². The molecule has 0 atom stereocenters. The number of carboxylic acids is 1. The van der Waals surface area contributed by atoms with Gasteiger partial charge < -0.3 is 9.52 Å². The lowest BCUT2D eigenvalue weighted by Gasteiger charge is -2.01. The van der Waals surface area contributed by atoms with Gasteiger partial charge in [0.1, 0.15) is 16.9 Å². The van der Waals surface area contributed by atoms with Crippen molar-refractivity contribution in [1.82, 2.24) is 0 Å². The van der Waals surface area contributed by atoms with E-state index in [9.17, 15) is 9.90 Å². The van der Waals surface area contributed by atoms with Crippen molar-refractivity contribution in [2.24, 2.45) is 0 Å². The van der Waals surface area contributed by atoms with Crippen LogP contribution in [0.15, 0.2) is 62.7 Å². The topological polar surface area (TPSA) is 50.4 Å². The summed E-state index contributed by atoms with van der Waals surface area (Å²) < 4.78 is 5.48. The van der Waals surface area contributed by atoms with E-state index >= 15 is 0 Å². The predicted octanol–water partition coefficient (Wildman–Crippen LogP) is 4.59. The monoisotopic (exact) mass is 284 g/mol. The molecule has 0 saturated heterocycles. The number of benzene rings is 2. The van der Waals surface area contributed by atoms with Gasteiger partial charge in [0, 0.05) is 15.2 Å². The SMILES string of the molecule is Cc1oc2ccc(Sc3ccccc3)cc2c1C(=O)O. The summed E-state index contributed by atoms with van der Waals surface area (Å²) in [6.45, 7) is 1.67. The number of hydrogen-bond acceptors (Lipinski definition) is 3. The Hall–Kier alpha value is -2.20. The second-order valence-electron chi connectivity index (χ2n) is 4.41. The first-order chi connectivity index (χ1) is 9.65. The van der Waals surface area contributed by atoms with Gasteiger partial charge in [0.2, 0.25) is 0 Å². The number of hydrogen-bond donors (Lipinski definition) is 1. The van der Waals surface area contributed by atoms with Crippen LogP contribution in [0.25, 0.3) is 11.0 Å². The molecule has 0 radical (unpaired) electrons. The summed E-state index contributed by atoms with van der Waals surface area (Å²) in [5.74, 6) is -0.516. The summed E-state index contributed by atoms with van der Waals surface area (Å²) in [6, 6.07) is 15.6. The molecule has 3 aromatic rings. The lowest BCUT2D eigenvalue weighted by atomic mass is 10.1. The van der Waals surface area contributed by atoms with Gasteiger partial charge in [-0.05, 0) is 37.3 Å². The van der Waals surface area contributed by atoms with Crippen LogP contribution in [0.1, 0.15) is 16.1 Å². The third-order valence-corrected chi connectivity index (χ3v) is 4.03. The molecule has 100 valence electrons. The molecule has 1 N–H and O–H groups in total. The van der Waals surface area contributed by atoms with Crippen LogP contribution in [0.2, 0.25) is 0 Å². The van der Waals surface area contributed by atoms with Crippen molar-refractivity contribution in [2.75, 3.05) is 0 Å². The lowest BCUT2D eigenvalue weighted by Crippen LogP contribution is -1.96. The van der Waals surface area contributed by atoms with Crippen molar-refractivity contribution in [1.29, 1.82) is 0 Å². The minimum absolute atomic E-state index is 0.246. The summed E-state index contributed by atoms with van der Waals surface area (Å²) >= 11 is 1.60. The molecule has 1 aromatic heterocycles. The van der Waals surface area contributed by atoms with Crippen LogP contribution < -0.4 is 0 Å². The highest BCUT2D eigenvalue weighted by Crippen LogP contribution is 2.33. The number of fused-ring (bicyclic) bond motifs is 1. The van der Waals surface area contributed by atoms with Crippen molar-refractivity contribution in [3.05, 3.63) is 59.9 Å². The van der Waals surface area contributed by atoms with E-state index in [1.165, 1.54) is 0 Å². The lowest BCUT2D eigenvalue weighted by molar-refractivity contribution is 0.0697. The van der Waals surface area contributed by atoms with Crippen LogP contribution in [0.3, 0.4) is 0 Å². The summed E-state index contributed by atoms with van der Waals surface area (Å²) in [5.41, 5.74) is 0.854. The number of carbonyl (C=O) groups is 1. The van der Waals surface area contributed by atoms with E-state index in [0.717, 1.165) is 9.79 Å². The smallest absolute Gasteiger partial charge is 0.339 e. The molecule has 0 unspecified atom stereocenters. The first-order valence-corrected chi connectivity index (χ1v) is 6.96. The minimum atomic E-state index is -0.955. The zero-order chi connectivity index (χ0) is 14.1. The Morgan fingerprint density at radius 2 is 1.85 bits per heavy atom. The molecule has 20 heavy (non-hydrogen) atoms. The normalized spacial score (nSPS) is 10.8. The molecular formula is C16H12O3S. The van der Waals surface area contributed by atoms with Gasteiger partial charge in [-0.25, -0.2) is 4.79 Å². The van der Waals surface area contributed by atoms with Crippen LogP contribution >= 0.6 is 11.8 Å². The van der Waals surface area contributed by atoms with Gasteiger partial charge in [0.15, 0.2) is 0 Å². The molecule has 4 heteroatoms. The molecule has 3 rings (SSSR count). The first-order valence-electron chi connectivity index (χ1n) is 6.14. The van der Waals surface area contributed by atoms with E-state index < -0.39 is 5.97 Å². The van der Waals surface area contributed by atoms with E-state index in [0.29, 0.717) is 16.7 Å². The van der Waals surface area contributed by atoms with E-state index in [-0.39, 0.29) is 5.56 Å². The number of carboxylic acid groups (broad SMARTS) is 1. The molecule has 0 aliphatic heterocycles. The number of aryl methyl sites for hydroxylation is 1. The van der Waals surface area contributed by atoms with Crippen molar-refractivity contribution in [2.45, 2.75) is 16.7 Å². The van der Waals surface area contributed by atoms with Gasteiger partial charge in [0.05, 0.1) is 0 Å². The molecule has 0 amide bonds. The second-order valence-corrected chi connectivity index (χ2v) is 5.56. The highest BCUT2D eigenvalue weighted by Gasteiger charge is 2.17. The molecule has 2 aromatic carbocycles. The van der Waals surface area contributed by atoms with Gasteiger partial charge in [-0.3, -0.25) is 0 Å². The van der Waals surface area contributed by atoms with Crippen LogP contribution in [-0.4, -0.2) is 11.1 Å². The predicted molar refractivity (Wildman–Crippen MR) is 78.5 cm³/mol. The Morgan fingerprint density at radius 3 is 2.55 bits per heavy atom. The van der Waals surface area contributed by atoms with Gasteiger partial charge in [-0.1, -0.05) is 30.0 Å². The number of aromatic carboxylic acids is 1. The highest BCUT2D eigenvalue weighted by atomic mass is 32.2.